The van der Waals surface area contributed by atoms with Crippen LogP contribution in [-0.4, -0.2) is 24.8 Å². The molecule has 0 saturated heterocycles. The first-order chi connectivity index (χ1) is 18.2. The SMILES string of the molecule is COC(=O)Oc1c(Cc2cc(C)c(OC(C)=O)c(C)c2)cc(C)cc1Cc1cc(C)c(OC(C)(C)C)c(C)c1. The summed E-state index contributed by atoms with van der Waals surface area (Å²) in [5.74, 6) is 1.61. The van der Waals surface area contributed by atoms with Gasteiger partial charge in [0, 0.05) is 19.8 Å². The standard InChI is InChI=1S/C33H40O6/c1-19-11-27(17-25-13-20(2)29(21(3)14-25)37-24(6)34)31(38-32(35)36-10)28(12-19)18-26-15-22(4)30(23(5)16-26)39-33(7,8)9/h11-16H,17-18H2,1-10H3. The van der Waals surface area contributed by atoms with E-state index in [9.17, 15) is 9.59 Å². The normalized spacial score (nSPS) is 11.2. The lowest BCUT2D eigenvalue weighted by Crippen LogP contribution is -2.24. The van der Waals surface area contributed by atoms with Gasteiger partial charge in [0.05, 0.1) is 7.11 Å². The van der Waals surface area contributed by atoms with Crippen LogP contribution in [0.5, 0.6) is 17.2 Å². The number of hydrogen-bond acceptors (Lipinski definition) is 6. The van der Waals surface area contributed by atoms with E-state index in [0.717, 1.165) is 55.8 Å². The number of benzene rings is 3. The number of rotatable bonds is 7. The van der Waals surface area contributed by atoms with Crippen molar-refractivity contribution in [2.24, 2.45) is 0 Å². The zero-order valence-electron chi connectivity index (χ0n) is 24.8. The molecule has 0 fully saturated rings. The molecule has 208 valence electrons. The van der Waals surface area contributed by atoms with Gasteiger partial charge in [0.2, 0.25) is 0 Å². The summed E-state index contributed by atoms with van der Waals surface area (Å²) in [6.45, 7) is 17.5. The number of carbonyl (C=O) groups excluding carboxylic acids is 2. The number of ether oxygens (including phenoxy) is 4. The molecule has 0 radical (unpaired) electrons. The highest BCUT2D eigenvalue weighted by atomic mass is 16.7. The van der Waals surface area contributed by atoms with Gasteiger partial charge in [-0.1, -0.05) is 42.0 Å². The Morgan fingerprint density at radius 2 is 1.10 bits per heavy atom. The summed E-state index contributed by atoms with van der Waals surface area (Å²) in [5, 5.41) is 0. The molecule has 0 atom stereocenters. The van der Waals surface area contributed by atoms with Crippen LogP contribution in [0.25, 0.3) is 0 Å². The molecule has 0 saturated carbocycles. The van der Waals surface area contributed by atoms with Gasteiger partial charge < -0.3 is 18.9 Å². The molecule has 0 spiro atoms. The summed E-state index contributed by atoms with van der Waals surface area (Å²) >= 11 is 0. The van der Waals surface area contributed by atoms with E-state index in [1.54, 1.807) is 0 Å². The van der Waals surface area contributed by atoms with Gasteiger partial charge >= 0.3 is 12.1 Å². The van der Waals surface area contributed by atoms with Crippen molar-refractivity contribution in [2.45, 2.75) is 80.8 Å². The summed E-state index contributed by atoms with van der Waals surface area (Å²) in [7, 11) is 1.30. The van der Waals surface area contributed by atoms with Crippen LogP contribution in [0.1, 0.15) is 77.8 Å². The van der Waals surface area contributed by atoms with Crippen LogP contribution < -0.4 is 14.2 Å². The van der Waals surface area contributed by atoms with Gasteiger partial charge in [-0.15, -0.1) is 0 Å². The molecule has 3 aromatic rings. The number of esters is 1. The third-order valence-corrected chi connectivity index (χ3v) is 6.22. The van der Waals surface area contributed by atoms with E-state index in [1.807, 2.05) is 65.8 Å². The Bertz CT molecular complexity index is 1350. The Balaban J connectivity index is 2.05. The predicted octanol–water partition coefficient (Wildman–Crippen LogP) is 7.66. The summed E-state index contributed by atoms with van der Waals surface area (Å²) < 4.78 is 22.2. The van der Waals surface area contributed by atoms with E-state index < -0.39 is 6.16 Å². The van der Waals surface area contributed by atoms with E-state index >= 15 is 0 Å². The molecular formula is C33H40O6. The van der Waals surface area contributed by atoms with Crippen LogP contribution in [0.15, 0.2) is 36.4 Å². The molecule has 0 aromatic heterocycles. The summed E-state index contributed by atoms with van der Waals surface area (Å²) in [5.41, 5.74) is 8.49. The molecule has 0 aliphatic heterocycles. The minimum absolute atomic E-state index is 0.295. The summed E-state index contributed by atoms with van der Waals surface area (Å²) in [4.78, 5) is 23.8. The second-order valence-electron chi connectivity index (χ2n) is 11.2. The highest BCUT2D eigenvalue weighted by Crippen LogP contribution is 2.35. The van der Waals surface area contributed by atoms with Gasteiger partial charge in [0.25, 0.3) is 0 Å². The van der Waals surface area contributed by atoms with E-state index in [2.05, 4.69) is 26.0 Å². The van der Waals surface area contributed by atoms with Crippen molar-refractivity contribution >= 4 is 12.1 Å². The Morgan fingerprint density at radius 3 is 1.49 bits per heavy atom. The minimum atomic E-state index is -0.764. The molecule has 3 aromatic carbocycles. The van der Waals surface area contributed by atoms with Crippen LogP contribution in [-0.2, 0) is 22.4 Å². The van der Waals surface area contributed by atoms with E-state index in [1.165, 1.54) is 14.0 Å². The Kier molecular flexibility index (Phi) is 9.10. The fraction of sp³-hybridized carbons (Fsp3) is 0.394. The van der Waals surface area contributed by atoms with Crippen LogP contribution >= 0.6 is 0 Å². The molecule has 0 aliphatic rings. The van der Waals surface area contributed by atoms with Crippen LogP contribution in [0.2, 0.25) is 0 Å². The Labute approximate surface area is 232 Å². The maximum atomic E-state index is 12.3. The molecule has 3 rings (SSSR count). The van der Waals surface area contributed by atoms with Gasteiger partial charge in [-0.2, -0.15) is 0 Å². The van der Waals surface area contributed by atoms with Crippen molar-refractivity contribution in [1.82, 2.24) is 0 Å². The smallest absolute Gasteiger partial charge is 0.488 e. The van der Waals surface area contributed by atoms with Crippen LogP contribution in [0.4, 0.5) is 4.79 Å². The molecule has 0 heterocycles. The number of hydrogen-bond donors (Lipinski definition) is 0. The fourth-order valence-corrected chi connectivity index (χ4v) is 4.94. The third kappa shape index (κ3) is 7.85. The Hall–Kier alpha value is -3.80. The van der Waals surface area contributed by atoms with Crippen molar-refractivity contribution < 1.29 is 28.5 Å². The van der Waals surface area contributed by atoms with Crippen molar-refractivity contribution in [2.75, 3.05) is 7.11 Å². The highest BCUT2D eigenvalue weighted by Gasteiger charge is 2.20. The minimum Gasteiger partial charge on any atom is -0.488 e. The van der Waals surface area contributed by atoms with Crippen LogP contribution in [0.3, 0.4) is 0 Å². The molecule has 0 N–H and O–H groups in total. The van der Waals surface area contributed by atoms with Gasteiger partial charge in [-0.25, -0.2) is 4.79 Å². The average molecular weight is 533 g/mol. The quantitative estimate of drug-likeness (QED) is 0.177. The molecule has 39 heavy (non-hydrogen) atoms. The molecule has 0 aliphatic carbocycles. The van der Waals surface area contributed by atoms with Crippen molar-refractivity contribution in [1.29, 1.82) is 0 Å². The lowest BCUT2D eigenvalue weighted by atomic mass is 9.93. The first-order valence-electron chi connectivity index (χ1n) is 13.1. The van der Waals surface area contributed by atoms with E-state index in [-0.39, 0.29) is 11.6 Å². The first-order valence-corrected chi connectivity index (χ1v) is 13.1. The van der Waals surface area contributed by atoms with Gasteiger partial charge in [-0.3, -0.25) is 4.79 Å². The lowest BCUT2D eigenvalue weighted by Gasteiger charge is -2.25. The monoisotopic (exact) mass is 532 g/mol. The van der Waals surface area contributed by atoms with Crippen molar-refractivity contribution in [3.05, 3.63) is 86.5 Å². The second-order valence-corrected chi connectivity index (χ2v) is 11.2. The number of carbonyl (C=O) groups is 2. The zero-order valence-corrected chi connectivity index (χ0v) is 24.8. The number of methoxy groups -OCH3 is 1. The average Bonchev–Trinajstić information content (AvgIpc) is 2.80. The first kappa shape index (κ1) is 29.8. The molecule has 0 amide bonds. The summed E-state index contributed by atoms with van der Waals surface area (Å²) in [6, 6.07) is 12.3. The van der Waals surface area contributed by atoms with E-state index in [0.29, 0.717) is 24.3 Å². The Morgan fingerprint density at radius 1 is 0.667 bits per heavy atom. The second kappa shape index (κ2) is 11.9. The molecule has 6 heteroatoms. The fourth-order valence-electron chi connectivity index (χ4n) is 4.94. The van der Waals surface area contributed by atoms with E-state index in [4.69, 9.17) is 18.9 Å². The molecule has 0 bridgehead atoms. The van der Waals surface area contributed by atoms with Crippen molar-refractivity contribution in [3.63, 3.8) is 0 Å². The van der Waals surface area contributed by atoms with Crippen molar-refractivity contribution in [3.8, 4) is 17.2 Å². The summed E-state index contributed by atoms with van der Waals surface area (Å²) in [6.07, 6.45) is 0.335. The molecule has 6 nitrogen and oxygen atoms in total. The predicted molar refractivity (Wildman–Crippen MR) is 153 cm³/mol. The third-order valence-electron chi connectivity index (χ3n) is 6.22. The number of aryl methyl sites for hydroxylation is 5. The molecular weight excluding hydrogens is 492 g/mol. The lowest BCUT2D eigenvalue weighted by molar-refractivity contribution is -0.131. The van der Waals surface area contributed by atoms with Gasteiger partial charge in [-0.05, 0) is 99.9 Å². The maximum absolute atomic E-state index is 12.3. The topological polar surface area (TPSA) is 71.1 Å². The molecule has 0 unspecified atom stereocenters. The largest absolute Gasteiger partial charge is 0.513 e. The zero-order chi connectivity index (χ0) is 29.1. The van der Waals surface area contributed by atoms with Crippen LogP contribution in [0, 0.1) is 34.6 Å². The highest BCUT2D eigenvalue weighted by molar-refractivity contribution is 5.70. The van der Waals surface area contributed by atoms with Gasteiger partial charge in [0.15, 0.2) is 0 Å². The maximum Gasteiger partial charge on any atom is 0.513 e. The van der Waals surface area contributed by atoms with Gasteiger partial charge in [0.1, 0.15) is 22.8 Å².